The number of rotatable bonds is 7. The smallest absolute Gasteiger partial charge is 0.408 e. The van der Waals surface area contributed by atoms with E-state index in [1.807, 2.05) is 30.3 Å². The molecule has 1 aromatic carbocycles. The number of nitrogens with one attached hydrogen (secondary N) is 1. The van der Waals surface area contributed by atoms with Crippen LogP contribution in [0.2, 0.25) is 0 Å². The molecule has 9 nitrogen and oxygen atoms in total. The van der Waals surface area contributed by atoms with E-state index in [0.29, 0.717) is 5.06 Å². The van der Waals surface area contributed by atoms with Gasteiger partial charge in [-0.05, 0) is 26.3 Å². The lowest BCUT2D eigenvalue weighted by molar-refractivity contribution is -0.199. The molecule has 0 radical (unpaired) electrons. The number of carbonyl (C=O) groups excluding carboxylic acids is 4. The number of ether oxygens (including phenoxy) is 2. The van der Waals surface area contributed by atoms with Crippen LogP contribution in [0.1, 0.15) is 39.2 Å². The summed E-state index contributed by atoms with van der Waals surface area (Å²) in [6, 6.07) is 7.96. The Hall–Kier alpha value is -2.94. The number of hydroxylamine groups is 2. The number of nitrogens with zero attached hydrogens (tertiary/aromatic N) is 1. The highest BCUT2D eigenvalue weighted by atomic mass is 16.7. The van der Waals surface area contributed by atoms with E-state index in [9.17, 15) is 19.2 Å². The van der Waals surface area contributed by atoms with E-state index in [2.05, 4.69) is 5.32 Å². The molecule has 1 N–H and O–H groups in total. The molecular formula is C19H24N2O7. The molecule has 1 aliphatic heterocycles. The molecule has 9 heteroatoms. The summed E-state index contributed by atoms with van der Waals surface area (Å²) in [6.45, 7) is 4.99. The Labute approximate surface area is 162 Å². The molecule has 0 aliphatic carbocycles. The van der Waals surface area contributed by atoms with Crippen molar-refractivity contribution < 1.29 is 33.5 Å². The highest BCUT2D eigenvalue weighted by molar-refractivity contribution is 6.01. The van der Waals surface area contributed by atoms with Gasteiger partial charge < -0.3 is 19.6 Å². The van der Waals surface area contributed by atoms with Crippen LogP contribution in [0.5, 0.6) is 0 Å². The minimum absolute atomic E-state index is 0.0270. The zero-order valence-electron chi connectivity index (χ0n) is 16.1. The maximum absolute atomic E-state index is 12.4. The zero-order chi connectivity index (χ0) is 20.7. The van der Waals surface area contributed by atoms with Crippen LogP contribution in [-0.2, 0) is 35.3 Å². The summed E-state index contributed by atoms with van der Waals surface area (Å²) in [6.07, 6.45) is -0.904. The summed E-state index contributed by atoms with van der Waals surface area (Å²) in [5, 5.41) is 2.77. The van der Waals surface area contributed by atoms with Gasteiger partial charge in [0, 0.05) is 12.8 Å². The van der Waals surface area contributed by atoms with E-state index in [4.69, 9.17) is 14.3 Å². The molecule has 1 unspecified atom stereocenters. The normalized spacial score (nSPS) is 15.3. The molecule has 2 rings (SSSR count). The zero-order valence-corrected chi connectivity index (χ0v) is 16.1. The van der Waals surface area contributed by atoms with E-state index in [1.165, 1.54) is 0 Å². The molecule has 3 amide bonds. The number of carbonyl (C=O) groups is 4. The maximum Gasteiger partial charge on any atom is 0.408 e. The molecule has 0 bridgehead atoms. The summed E-state index contributed by atoms with van der Waals surface area (Å²) in [5.41, 5.74) is 0.0985. The van der Waals surface area contributed by atoms with E-state index < -0.39 is 35.5 Å². The van der Waals surface area contributed by atoms with Crippen LogP contribution in [-0.4, -0.2) is 47.2 Å². The van der Waals surface area contributed by atoms with Crippen molar-refractivity contribution in [3.05, 3.63) is 35.9 Å². The first-order chi connectivity index (χ1) is 13.2. The fourth-order valence-corrected chi connectivity index (χ4v) is 2.30. The minimum atomic E-state index is -1.26. The molecule has 1 aliphatic rings. The molecular weight excluding hydrogens is 368 g/mol. The topological polar surface area (TPSA) is 111 Å². The monoisotopic (exact) mass is 392 g/mol. The van der Waals surface area contributed by atoms with Gasteiger partial charge in [-0.2, -0.15) is 0 Å². The molecule has 1 heterocycles. The van der Waals surface area contributed by atoms with Gasteiger partial charge in [0.25, 0.3) is 11.8 Å². The number of hydrogen-bond acceptors (Lipinski definition) is 7. The highest BCUT2D eigenvalue weighted by Gasteiger charge is 2.36. The van der Waals surface area contributed by atoms with Crippen molar-refractivity contribution in [1.29, 1.82) is 0 Å². The highest BCUT2D eigenvalue weighted by Crippen LogP contribution is 2.13. The predicted molar refractivity (Wildman–Crippen MR) is 96.4 cm³/mol. The second-order valence-electron chi connectivity index (χ2n) is 7.19. The van der Waals surface area contributed by atoms with Crippen molar-refractivity contribution in [2.45, 2.75) is 51.9 Å². The number of alkyl carbamates (subject to hydrolysis) is 1. The van der Waals surface area contributed by atoms with E-state index in [-0.39, 0.29) is 26.1 Å². The molecule has 1 atom stereocenters. The molecule has 0 aromatic heterocycles. The Morgan fingerprint density at radius 2 is 1.71 bits per heavy atom. The summed E-state index contributed by atoms with van der Waals surface area (Å²) < 4.78 is 10.6. The Bertz CT molecular complexity index is 712. The third kappa shape index (κ3) is 6.66. The van der Waals surface area contributed by atoms with Crippen molar-refractivity contribution in [2.75, 3.05) is 6.61 Å². The fourth-order valence-electron chi connectivity index (χ4n) is 2.30. The standard InChI is InChI=1S/C19H24N2O7/c1-19(2,3)27-18(25)20-14(12-26-11-13-7-5-4-6-8-13)17(24)28-21-15(22)9-10-16(21)23/h4-8,14H,9-12H2,1-3H3,(H,20,25). The molecule has 0 spiro atoms. The number of amides is 3. The van der Waals surface area contributed by atoms with E-state index in [0.717, 1.165) is 5.56 Å². The average molecular weight is 392 g/mol. The number of imide groups is 1. The van der Waals surface area contributed by atoms with Crippen LogP contribution in [0.4, 0.5) is 4.79 Å². The molecule has 1 saturated heterocycles. The van der Waals surface area contributed by atoms with E-state index in [1.54, 1.807) is 20.8 Å². The second kappa shape index (κ2) is 9.32. The third-order valence-electron chi connectivity index (χ3n) is 3.56. The van der Waals surface area contributed by atoms with Crippen LogP contribution in [0.3, 0.4) is 0 Å². The van der Waals surface area contributed by atoms with E-state index >= 15 is 0 Å². The van der Waals surface area contributed by atoms with Gasteiger partial charge in [-0.25, -0.2) is 9.59 Å². The number of hydrogen-bond donors (Lipinski definition) is 1. The van der Waals surface area contributed by atoms with Crippen LogP contribution < -0.4 is 5.32 Å². The SMILES string of the molecule is CC(C)(C)OC(=O)NC(COCc1ccccc1)C(=O)ON1C(=O)CCC1=O. The van der Waals surface area contributed by atoms with Gasteiger partial charge in [0.05, 0.1) is 13.2 Å². The minimum Gasteiger partial charge on any atom is -0.444 e. The molecule has 152 valence electrons. The lowest BCUT2D eigenvalue weighted by Gasteiger charge is -2.23. The Morgan fingerprint density at radius 1 is 1.11 bits per heavy atom. The van der Waals surface area contributed by atoms with Crippen LogP contribution in [0.25, 0.3) is 0 Å². The second-order valence-corrected chi connectivity index (χ2v) is 7.19. The molecule has 0 saturated carbocycles. The largest absolute Gasteiger partial charge is 0.444 e. The maximum atomic E-state index is 12.4. The average Bonchev–Trinajstić information content (AvgIpc) is 2.92. The van der Waals surface area contributed by atoms with Crippen LogP contribution in [0, 0.1) is 0 Å². The predicted octanol–water partition coefficient (Wildman–Crippen LogP) is 1.70. The van der Waals surface area contributed by atoms with Gasteiger partial charge in [0.2, 0.25) is 0 Å². The van der Waals surface area contributed by atoms with Crippen LogP contribution >= 0.6 is 0 Å². The van der Waals surface area contributed by atoms with Gasteiger partial charge in [-0.15, -0.1) is 5.06 Å². The van der Waals surface area contributed by atoms with Gasteiger partial charge >= 0.3 is 12.1 Å². The summed E-state index contributed by atoms with van der Waals surface area (Å²) >= 11 is 0. The van der Waals surface area contributed by atoms with Gasteiger partial charge in [-0.1, -0.05) is 30.3 Å². The van der Waals surface area contributed by atoms with Gasteiger partial charge in [-0.3, -0.25) is 9.59 Å². The lowest BCUT2D eigenvalue weighted by atomic mass is 10.2. The lowest BCUT2D eigenvalue weighted by Crippen LogP contribution is -2.49. The van der Waals surface area contributed by atoms with Crippen molar-refractivity contribution in [2.24, 2.45) is 0 Å². The Balaban J connectivity index is 1.99. The first kappa shape index (κ1) is 21.4. The number of benzene rings is 1. The Morgan fingerprint density at radius 3 is 2.29 bits per heavy atom. The first-order valence-corrected chi connectivity index (χ1v) is 8.84. The molecule has 1 aromatic rings. The van der Waals surface area contributed by atoms with Gasteiger partial charge in [0.1, 0.15) is 5.60 Å². The van der Waals surface area contributed by atoms with Crippen molar-refractivity contribution in [3.63, 3.8) is 0 Å². The van der Waals surface area contributed by atoms with Crippen molar-refractivity contribution in [3.8, 4) is 0 Å². The summed E-state index contributed by atoms with van der Waals surface area (Å²) in [4.78, 5) is 52.6. The quantitative estimate of drug-likeness (QED) is 0.703. The molecule has 1 fully saturated rings. The Kier molecular flexibility index (Phi) is 7.11. The van der Waals surface area contributed by atoms with Crippen molar-refractivity contribution >= 4 is 23.9 Å². The summed E-state index contributed by atoms with van der Waals surface area (Å²) in [5.74, 6) is -2.22. The van der Waals surface area contributed by atoms with Crippen molar-refractivity contribution in [1.82, 2.24) is 10.4 Å². The third-order valence-corrected chi connectivity index (χ3v) is 3.56. The van der Waals surface area contributed by atoms with Crippen LogP contribution in [0.15, 0.2) is 30.3 Å². The molecule has 28 heavy (non-hydrogen) atoms. The summed E-state index contributed by atoms with van der Waals surface area (Å²) in [7, 11) is 0. The van der Waals surface area contributed by atoms with Gasteiger partial charge in [0.15, 0.2) is 6.04 Å². The fraction of sp³-hybridized carbons (Fsp3) is 0.474. The first-order valence-electron chi connectivity index (χ1n) is 8.84.